The van der Waals surface area contributed by atoms with Gasteiger partial charge in [-0.3, -0.25) is 0 Å². The zero-order valence-corrected chi connectivity index (χ0v) is 22.4. The summed E-state index contributed by atoms with van der Waals surface area (Å²) >= 11 is -2.06. The van der Waals surface area contributed by atoms with E-state index in [2.05, 4.69) is 9.97 Å². The predicted octanol–water partition coefficient (Wildman–Crippen LogP) is 3.63. The Morgan fingerprint density at radius 1 is 0.923 bits per heavy atom. The smallest absolute Gasteiger partial charge is 0.221 e. The minimum atomic E-state index is -2.06. The number of hydrogen-bond acceptors (Lipinski definition) is 10. The van der Waals surface area contributed by atoms with Crippen LogP contribution < -0.4 is 36.3 Å². The molecule has 0 radical (unpaired) electrons. The summed E-state index contributed by atoms with van der Waals surface area (Å²) < 4.78 is 38.2. The van der Waals surface area contributed by atoms with Crippen LogP contribution in [0, 0.1) is 0 Å². The van der Waals surface area contributed by atoms with E-state index in [1.165, 1.54) is 0 Å². The van der Waals surface area contributed by atoms with E-state index in [4.69, 9.17) is 31.4 Å². The molecule has 39 heavy (non-hydrogen) atoms. The Labute approximate surface area is 228 Å². The third kappa shape index (κ3) is 6.67. The first-order valence-corrected chi connectivity index (χ1v) is 13.0. The Hall–Kier alpha value is -4.55. The van der Waals surface area contributed by atoms with Crippen molar-refractivity contribution in [2.24, 2.45) is 0 Å². The van der Waals surface area contributed by atoms with Crippen LogP contribution in [0.5, 0.6) is 17.2 Å². The van der Waals surface area contributed by atoms with Gasteiger partial charge in [0.25, 0.3) is 0 Å². The second-order valence-electron chi connectivity index (χ2n) is 8.48. The molecule has 11 nitrogen and oxygen atoms in total. The van der Waals surface area contributed by atoms with E-state index in [9.17, 15) is 8.76 Å². The van der Waals surface area contributed by atoms with Gasteiger partial charge >= 0.3 is 0 Å². The Kier molecular flexibility index (Phi) is 8.69. The second kappa shape index (κ2) is 12.3. The number of benzene rings is 3. The van der Waals surface area contributed by atoms with Gasteiger partial charge < -0.3 is 40.9 Å². The van der Waals surface area contributed by atoms with Gasteiger partial charge in [-0.05, 0) is 66.2 Å². The number of rotatable bonds is 11. The van der Waals surface area contributed by atoms with Gasteiger partial charge in [-0.1, -0.05) is 0 Å². The number of nitrogens with zero attached hydrogens (tertiary/aromatic N) is 3. The molecule has 7 N–H and O–H groups in total. The standard InChI is InChI=1S/C27H30N6O5S/c1-36-23-14-17(13-18-16-31-27(30)32-26(18)29)15-24(37-2)25(23)38-12-11-33(20-5-3-19(28)4-6-20)21-7-9-22(10-8-21)39(34)35/h3-10,14-16H,11-13,28H2,1-2H3,(H,34,35)(H4,29,30,31,32). The maximum absolute atomic E-state index is 11.4. The Bertz CT molecular complexity index is 1430. The number of nitrogen functional groups attached to an aromatic ring is 3. The molecule has 1 atom stereocenters. The van der Waals surface area contributed by atoms with Crippen LogP contribution in [0.3, 0.4) is 0 Å². The molecule has 4 aromatic rings. The van der Waals surface area contributed by atoms with E-state index >= 15 is 0 Å². The van der Waals surface area contributed by atoms with Crippen LogP contribution in [0.2, 0.25) is 0 Å². The Balaban J connectivity index is 1.56. The summed E-state index contributed by atoms with van der Waals surface area (Å²) in [5.74, 6) is 1.86. The fraction of sp³-hybridized carbons (Fsp3) is 0.185. The molecular weight excluding hydrogens is 520 g/mol. The number of hydrogen-bond donors (Lipinski definition) is 4. The fourth-order valence-corrected chi connectivity index (χ4v) is 4.38. The lowest BCUT2D eigenvalue weighted by Gasteiger charge is -2.26. The van der Waals surface area contributed by atoms with Crippen molar-refractivity contribution < 1.29 is 23.0 Å². The molecule has 12 heteroatoms. The fourth-order valence-electron chi connectivity index (χ4n) is 4.01. The molecule has 1 unspecified atom stereocenters. The molecule has 0 saturated heterocycles. The van der Waals surface area contributed by atoms with Crippen molar-refractivity contribution >= 4 is 39.9 Å². The van der Waals surface area contributed by atoms with Gasteiger partial charge in [0.05, 0.1) is 25.7 Å². The number of nitrogens with two attached hydrogens (primary N) is 3. The molecule has 0 fully saturated rings. The Morgan fingerprint density at radius 2 is 1.51 bits per heavy atom. The molecule has 4 rings (SSSR count). The van der Waals surface area contributed by atoms with Gasteiger partial charge in [0.2, 0.25) is 11.7 Å². The summed E-state index contributed by atoms with van der Waals surface area (Å²) in [5, 5.41) is 0. The molecule has 0 aliphatic heterocycles. The highest BCUT2D eigenvalue weighted by molar-refractivity contribution is 7.79. The first kappa shape index (κ1) is 27.5. The van der Waals surface area contributed by atoms with Gasteiger partial charge in [-0.15, -0.1) is 0 Å². The lowest BCUT2D eigenvalue weighted by molar-refractivity contribution is 0.281. The average Bonchev–Trinajstić information content (AvgIpc) is 2.93. The summed E-state index contributed by atoms with van der Waals surface area (Å²) in [5.41, 5.74) is 21.4. The molecule has 204 valence electrons. The molecule has 0 bridgehead atoms. The molecule has 0 aliphatic carbocycles. The molecule has 1 aromatic heterocycles. The molecule has 3 aromatic carbocycles. The van der Waals surface area contributed by atoms with E-state index in [0.29, 0.717) is 46.6 Å². The first-order chi connectivity index (χ1) is 18.8. The van der Waals surface area contributed by atoms with Crippen molar-refractivity contribution in [1.82, 2.24) is 9.97 Å². The van der Waals surface area contributed by atoms with Crippen LogP contribution in [0.25, 0.3) is 0 Å². The van der Waals surface area contributed by atoms with Crippen LogP contribution in [0.4, 0.5) is 28.8 Å². The topological polar surface area (TPSA) is 172 Å². The van der Waals surface area contributed by atoms with Crippen molar-refractivity contribution in [2.75, 3.05) is 49.5 Å². The first-order valence-electron chi connectivity index (χ1n) is 11.9. The zero-order valence-electron chi connectivity index (χ0n) is 21.5. The summed E-state index contributed by atoms with van der Waals surface area (Å²) in [7, 11) is 3.11. The monoisotopic (exact) mass is 550 g/mol. The van der Waals surface area contributed by atoms with Gasteiger partial charge in [-0.2, -0.15) is 4.98 Å². The SMILES string of the molecule is COc1cc(Cc2cnc(N)nc2N)cc(OC)c1OCCN(c1ccc(N)cc1)c1ccc(S(=O)O)cc1. The normalized spacial score (nSPS) is 11.6. The minimum Gasteiger partial charge on any atom is -0.493 e. The van der Waals surface area contributed by atoms with Crippen LogP contribution >= 0.6 is 0 Å². The van der Waals surface area contributed by atoms with Crippen molar-refractivity contribution in [1.29, 1.82) is 0 Å². The zero-order chi connectivity index (χ0) is 27.9. The van der Waals surface area contributed by atoms with E-state index < -0.39 is 11.1 Å². The van der Waals surface area contributed by atoms with Crippen LogP contribution in [-0.4, -0.2) is 46.1 Å². The number of aromatic nitrogens is 2. The van der Waals surface area contributed by atoms with E-state index in [-0.39, 0.29) is 12.6 Å². The molecule has 1 heterocycles. The van der Waals surface area contributed by atoms with E-state index in [1.807, 2.05) is 41.3 Å². The van der Waals surface area contributed by atoms with Gasteiger partial charge in [0.1, 0.15) is 12.4 Å². The molecule has 0 spiro atoms. The van der Waals surface area contributed by atoms with E-state index in [1.54, 1.807) is 44.7 Å². The molecule has 0 aliphatic rings. The third-order valence-electron chi connectivity index (χ3n) is 5.95. The summed E-state index contributed by atoms with van der Waals surface area (Å²) in [4.78, 5) is 10.4. The quantitative estimate of drug-likeness (QED) is 0.159. The second-order valence-corrected chi connectivity index (χ2v) is 9.45. The van der Waals surface area contributed by atoms with Gasteiger partial charge in [0, 0.05) is 35.2 Å². The van der Waals surface area contributed by atoms with E-state index in [0.717, 1.165) is 22.5 Å². The maximum atomic E-state index is 11.4. The molecule has 0 amide bonds. The van der Waals surface area contributed by atoms with Crippen LogP contribution in [0.1, 0.15) is 11.1 Å². The highest BCUT2D eigenvalue weighted by Crippen LogP contribution is 2.39. The minimum absolute atomic E-state index is 0.113. The lowest BCUT2D eigenvalue weighted by atomic mass is 10.1. The molecule has 0 saturated carbocycles. The summed E-state index contributed by atoms with van der Waals surface area (Å²) in [6, 6.07) is 17.9. The van der Waals surface area contributed by atoms with Crippen molar-refractivity contribution in [2.45, 2.75) is 11.3 Å². The highest BCUT2D eigenvalue weighted by atomic mass is 32.2. The van der Waals surface area contributed by atoms with Crippen molar-refractivity contribution in [3.8, 4) is 17.2 Å². The van der Waals surface area contributed by atoms with Gasteiger partial charge in [0.15, 0.2) is 22.6 Å². The largest absolute Gasteiger partial charge is 0.493 e. The number of anilines is 5. The molecular formula is C27H30N6O5S. The van der Waals surface area contributed by atoms with Gasteiger partial charge in [-0.25, -0.2) is 9.19 Å². The van der Waals surface area contributed by atoms with Crippen molar-refractivity contribution in [3.63, 3.8) is 0 Å². The third-order valence-corrected chi connectivity index (χ3v) is 6.62. The number of methoxy groups -OCH3 is 2. The maximum Gasteiger partial charge on any atom is 0.221 e. The predicted molar refractivity (Wildman–Crippen MR) is 152 cm³/mol. The van der Waals surface area contributed by atoms with Crippen molar-refractivity contribution in [3.05, 3.63) is 78.0 Å². The highest BCUT2D eigenvalue weighted by Gasteiger charge is 2.17. The van der Waals surface area contributed by atoms with Crippen LogP contribution in [-0.2, 0) is 17.5 Å². The Morgan fingerprint density at radius 3 is 2.05 bits per heavy atom. The average molecular weight is 551 g/mol. The van der Waals surface area contributed by atoms with Crippen LogP contribution in [0.15, 0.2) is 71.8 Å². The number of ether oxygens (including phenoxy) is 3. The summed E-state index contributed by atoms with van der Waals surface area (Å²) in [6.07, 6.45) is 2.04. The summed E-state index contributed by atoms with van der Waals surface area (Å²) in [6.45, 7) is 0.710. The lowest BCUT2D eigenvalue weighted by Crippen LogP contribution is -2.24.